The first kappa shape index (κ1) is 25.0. The van der Waals surface area contributed by atoms with Crippen molar-refractivity contribution in [2.75, 3.05) is 4.90 Å². The van der Waals surface area contributed by atoms with E-state index in [1.165, 1.54) is 24.3 Å². The van der Waals surface area contributed by atoms with Gasteiger partial charge in [-0.05, 0) is 92.7 Å². The summed E-state index contributed by atoms with van der Waals surface area (Å²) in [5.41, 5.74) is 1.58. The Morgan fingerprint density at radius 3 is 2.60 bits per heavy atom. The van der Waals surface area contributed by atoms with E-state index in [0.717, 1.165) is 10.5 Å². The molecule has 0 unspecified atom stereocenters. The molecular formula is C25H14BrFIN3O3S. The van der Waals surface area contributed by atoms with Crippen molar-refractivity contribution in [1.82, 2.24) is 5.32 Å². The van der Waals surface area contributed by atoms with Crippen LogP contribution >= 0.6 is 50.7 Å². The molecule has 1 N–H and O–H groups in total. The molecule has 0 atom stereocenters. The minimum absolute atomic E-state index is 0.0504. The van der Waals surface area contributed by atoms with Crippen LogP contribution in [0.15, 0.2) is 70.7 Å². The third-order valence-electron chi connectivity index (χ3n) is 5.04. The molecule has 3 aromatic rings. The second-order valence-electron chi connectivity index (χ2n) is 7.28. The average molecular weight is 662 g/mol. The van der Waals surface area contributed by atoms with Gasteiger partial charge in [0, 0.05) is 5.56 Å². The summed E-state index contributed by atoms with van der Waals surface area (Å²) in [6.45, 7) is 0.189. The second-order valence-corrected chi connectivity index (χ2v) is 9.68. The van der Waals surface area contributed by atoms with Crippen molar-refractivity contribution < 1.29 is 18.7 Å². The van der Waals surface area contributed by atoms with Gasteiger partial charge in [0.15, 0.2) is 5.11 Å². The summed E-state index contributed by atoms with van der Waals surface area (Å²) < 4.78 is 21.6. The molecule has 1 fully saturated rings. The van der Waals surface area contributed by atoms with Gasteiger partial charge in [-0.25, -0.2) is 9.29 Å². The van der Waals surface area contributed by atoms with Gasteiger partial charge in [0.25, 0.3) is 11.8 Å². The Labute approximate surface area is 227 Å². The fourth-order valence-electron chi connectivity index (χ4n) is 3.38. The minimum Gasteiger partial charge on any atom is -0.487 e. The van der Waals surface area contributed by atoms with Gasteiger partial charge in [-0.1, -0.05) is 30.3 Å². The molecule has 1 aliphatic heterocycles. The van der Waals surface area contributed by atoms with E-state index in [-0.39, 0.29) is 23.0 Å². The first-order valence-corrected chi connectivity index (χ1v) is 12.3. The molecule has 0 radical (unpaired) electrons. The molecule has 10 heteroatoms. The lowest BCUT2D eigenvalue weighted by molar-refractivity contribution is -0.122. The van der Waals surface area contributed by atoms with Crippen molar-refractivity contribution in [3.8, 4) is 11.8 Å². The fourth-order valence-corrected chi connectivity index (χ4v) is 5.42. The van der Waals surface area contributed by atoms with Crippen molar-refractivity contribution in [2.45, 2.75) is 6.61 Å². The van der Waals surface area contributed by atoms with Crippen molar-refractivity contribution in [3.05, 3.63) is 96.8 Å². The number of thiocarbonyl (C=S) groups is 1. The lowest BCUT2D eigenvalue weighted by Crippen LogP contribution is -2.54. The zero-order valence-electron chi connectivity index (χ0n) is 17.7. The molecule has 1 saturated heterocycles. The molecule has 174 valence electrons. The summed E-state index contributed by atoms with van der Waals surface area (Å²) in [7, 11) is 0. The van der Waals surface area contributed by atoms with Crippen LogP contribution in [0.4, 0.5) is 10.1 Å². The zero-order chi connectivity index (χ0) is 25.1. The van der Waals surface area contributed by atoms with E-state index >= 15 is 0 Å². The number of hydrogen-bond donors (Lipinski definition) is 1. The molecule has 6 nitrogen and oxygen atoms in total. The molecular weight excluding hydrogens is 648 g/mol. The molecule has 0 spiro atoms. The fraction of sp³-hybridized carbons (Fsp3) is 0.0400. The number of para-hydroxylation sites is 1. The van der Waals surface area contributed by atoms with Crippen molar-refractivity contribution in [1.29, 1.82) is 5.26 Å². The number of halogens is 3. The maximum absolute atomic E-state index is 14.3. The zero-order valence-corrected chi connectivity index (χ0v) is 22.3. The number of nitriles is 1. The molecule has 0 aliphatic carbocycles. The van der Waals surface area contributed by atoms with Crippen LogP contribution in [0, 0.1) is 20.7 Å². The molecule has 0 saturated carbocycles. The third kappa shape index (κ3) is 5.27. The second kappa shape index (κ2) is 10.6. The van der Waals surface area contributed by atoms with Gasteiger partial charge in [0.1, 0.15) is 23.7 Å². The molecule has 1 heterocycles. The topological polar surface area (TPSA) is 82.4 Å². The van der Waals surface area contributed by atoms with Crippen molar-refractivity contribution in [3.63, 3.8) is 0 Å². The lowest BCUT2D eigenvalue weighted by atomic mass is 10.1. The molecule has 3 aromatic carbocycles. The Bertz CT molecular complexity index is 1430. The number of nitrogens with zero attached hydrogens (tertiary/aromatic N) is 2. The first-order chi connectivity index (χ1) is 16.8. The lowest BCUT2D eigenvalue weighted by Gasteiger charge is -2.29. The van der Waals surface area contributed by atoms with Gasteiger partial charge in [-0.2, -0.15) is 5.26 Å². The van der Waals surface area contributed by atoms with E-state index in [9.17, 15) is 19.2 Å². The van der Waals surface area contributed by atoms with Gasteiger partial charge in [-0.15, -0.1) is 0 Å². The Balaban J connectivity index is 1.63. The number of hydrogen-bond acceptors (Lipinski definition) is 5. The predicted octanol–water partition coefficient (Wildman–Crippen LogP) is 5.47. The first-order valence-electron chi connectivity index (χ1n) is 10.1. The number of carbonyl (C=O) groups excluding carboxylic acids is 2. The quantitative estimate of drug-likeness (QED) is 0.170. The van der Waals surface area contributed by atoms with E-state index in [0.29, 0.717) is 24.9 Å². The van der Waals surface area contributed by atoms with Crippen molar-refractivity contribution in [2.24, 2.45) is 0 Å². The largest absolute Gasteiger partial charge is 0.487 e. The van der Waals surface area contributed by atoms with Crippen molar-refractivity contribution >= 4 is 79.4 Å². The van der Waals surface area contributed by atoms with Crippen LogP contribution in [0.5, 0.6) is 5.75 Å². The standard InChI is InChI=1S/C25H14BrFIN3O3S/c26-18-10-14(11-20(28)22(18)34-13-16-6-2-1-5-15(16)12-29)9-17-23(32)30-25(35)31(24(17)33)21-8-4-3-7-19(21)27/h1-11H,13H2,(H,30,32,35)/b17-9+. The monoisotopic (exact) mass is 661 g/mol. The van der Waals surface area contributed by atoms with E-state index < -0.39 is 17.6 Å². The molecule has 1 aliphatic rings. The van der Waals surface area contributed by atoms with Crippen LogP contribution in [0.1, 0.15) is 16.7 Å². The van der Waals surface area contributed by atoms with E-state index in [1.54, 1.807) is 30.3 Å². The van der Waals surface area contributed by atoms with Gasteiger partial charge in [0.05, 0.1) is 25.4 Å². The number of amides is 2. The number of benzene rings is 3. The number of ether oxygens (including phenoxy) is 1. The van der Waals surface area contributed by atoms with E-state index in [2.05, 4.69) is 49.9 Å². The summed E-state index contributed by atoms with van der Waals surface area (Å²) in [6.07, 6.45) is 1.41. The number of carbonyl (C=O) groups is 2. The number of rotatable bonds is 5. The molecule has 4 rings (SSSR count). The third-order valence-corrected chi connectivity index (χ3v) is 6.71. The normalized spacial score (nSPS) is 14.6. The highest BCUT2D eigenvalue weighted by molar-refractivity contribution is 14.1. The van der Waals surface area contributed by atoms with Crippen LogP contribution in [-0.2, 0) is 16.2 Å². The van der Waals surface area contributed by atoms with Crippen LogP contribution in [0.2, 0.25) is 0 Å². The van der Waals surface area contributed by atoms with Gasteiger partial charge < -0.3 is 4.74 Å². The van der Waals surface area contributed by atoms with E-state index in [1.807, 2.05) is 12.1 Å². The van der Waals surface area contributed by atoms with Crippen LogP contribution in [0.25, 0.3) is 6.08 Å². The molecule has 2 amide bonds. The Morgan fingerprint density at radius 1 is 1.17 bits per heavy atom. The van der Waals surface area contributed by atoms with Crippen LogP contribution in [-0.4, -0.2) is 16.9 Å². The smallest absolute Gasteiger partial charge is 0.270 e. The number of anilines is 1. The van der Waals surface area contributed by atoms with Gasteiger partial charge in [-0.3, -0.25) is 14.9 Å². The maximum Gasteiger partial charge on any atom is 0.270 e. The average Bonchev–Trinajstić information content (AvgIpc) is 2.82. The minimum atomic E-state index is -0.733. The van der Waals surface area contributed by atoms with Gasteiger partial charge in [0.2, 0.25) is 0 Å². The summed E-state index contributed by atoms with van der Waals surface area (Å²) in [6, 6.07) is 18.4. The Morgan fingerprint density at radius 2 is 1.89 bits per heavy atom. The Kier molecular flexibility index (Phi) is 7.59. The highest BCUT2D eigenvalue weighted by Crippen LogP contribution is 2.34. The highest BCUT2D eigenvalue weighted by atomic mass is 127. The van der Waals surface area contributed by atoms with E-state index in [4.69, 9.17) is 17.0 Å². The summed E-state index contributed by atoms with van der Waals surface area (Å²) in [5, 5.41) is 11.5. The van der Waals surface area contributed by atoms with Gasteiger partial charge >= 0.3 is 0 Å². The Hall–Kier alpha value is -3.14. The predicted molar refractivity (Wildman–Crippen MR) is 145 cm³/mol. The molecule has 35 heavy (non-hydrogen) atoms. The summed E-state index contributed by atoms with van der Waals surface area (Å²) in [4.78, 5) is 26.7. The molecule has 0 aromatic heterocycles. The van der Waals surface area contributed by atoms with Crippen LogP contribution < -0.4 is 15.0 Å². The van der Waals surface area contributed by atoms with Crippen LogP contribution in [0.3, 0.4) is 0 Å². The SMILES string of the molecule is N#Cc1ccccc1COc1c(Br)cc(/C=C2\C(=O)NC(=S)N(c3ccccc3F)C2=O)cc1I. The maximum atomic E-state index is 14.3. The molecule has 0 bridgehead atoms. The highest BCUT2D eigenvalue weighted by Gasteiger charge is 2.35. The number of nitrogens with one attached hydrogen (secondary N) is 1. The summed E-state index contributed by atoms with van der Waals surface area (Å²) >= 11 is 10.7. The summed E-state index contributed by atoms with van der Waals surface area (Å²) in [5.74, 6) is -1.50.